The molecule has 2 N–H and O–H groups in total. The van der Waals surface area contributed by atoms with Gasteiger partial charge < -0.3 is 10.4 Å². The van der Waals surface area contributed by atoms with Crippen molar-refractivity contribution < 1.29 is 10.0 Å². The van der Waals surface area contributed by atoms with Crippen molar-refractivity contribution >= 4 is 17.2 Å². The molecule has 0 bridgehead atoms. The number of nitrogens with zero attached hydrogens (tertiary/aromatic N) is 2. The van der Waals surface area contributed by atoms with E-state index >= 15 is 0 Å². The number of hydrogen-bond acceptors (Lipinski definition) is 5. The molecule has 110 valence electrons. The van der Waals surface area contributed by atoms with Crippen LogP contribution in [0.3, 0.4) is 0 Å². The number of nitro groups is 1. The lowest BCUT2D eigenvalue weighted by molar-refractivity contribution is -0.384. The van der Waals surface area contributed by atoms with Gasteiger partial charge in [-0.15, -0.1) is 0 Å². The molecule has 0 saturated heterocycles. The van der Waals surface area contributed by atoms with Gasteiger partial charge in [0.2, 0.25) is 5.82 Å². The Kier molecular flexibility index (Phi) is 4.49. The minimum Gasteiger partial charge on any atom is -0.396 e. The molecule has 0 saturated carbocycles. The minimum atomic E-state index is -0.426. The number of pyridine rings is 1. The first-order valence-electron chi connectivity index (χ1n) is 6.60. The van der Waals surface area contributed by atoms with Crippen molar-refractivity contribution in [3.63, 3.8) is 0 Å². The lowest BCUT2D eigenvalue weighted by Crippen LogP contribution is -2.03. The second kappa shape index (κ2) is 6.32. The summed E-state index contributed by atoms with van der Waals surface area (Å²) in [6, 6.07) is 9.05. The van der Waals surface area contributed by atoms with E-state index in [4.69, 9.17) is 5.11 Å². The van der Waals surface area contributed by atoms with Gasteiger partial charge in [0.25, 0.3) is 0 Å². The molecule has 1 heterocycles. The molecule has 0 spiro atoms. The van der Waals surface area contributed by atoms with Crippen LogP contribution in [-0.2, 0) is 6.42 Å². The summed E-state index contributed by atoms with van der Waals surface area (Å²) in [6.07, 6.45) is 0.586. The monoisotopic (exact) mass is 287 g/mol. The maximum absolute atomic E-state index is 11.2. The minimum absolute atomic E-state index is 0.0139. The molecular weight excluding hydrogens is 270 g/mol. The zero-order valence-electron chi connectivity index (χ0n) is 12.0. The smallest absolute Gasteiger partial charge is 0.314 e. The van der Waals surface area contributed by atoms with Crippen LogP contribution in [0.15, 0.2) is 30.3 Å². The molecule has 6 nitrogen and oxygen atoms in total. The lowest BCUT2D eigenvalue weighted by Gasteiger charge is -2.09. The summed E-state index contributed by atoms with van der Waals surface area (Å²) in [4.78, 5) is 15.0. The summed E-state index contributed by atoms with van der Waals surface area (Å²) in [5.74, 6) is 0.243. The Morgan fingerprint density at radius 2 is 1.95 bits per heavy atom. The van der Waals surface area contributed by atoms with Gasteiger partial charge in [0.1, 0.15) is 0 Å². The third-order valence-electron chi connectivity index (χ3n) is 3.11. The van der Waals surface area contributed by atoms with Crippen molar-refractivity contribution in [2.75, 3.05) is 11.9 Å². The topological polar surface area (TPSA) is 88.3 Å². The predicted octanol–water partition coefficient (Wildman–Crippen LogP) is 2.89. The van der Waals surface area contributed by atoms with E-state index < -0.39 is 4.92 Å². The summed E-state index contributed by atoms with van der Waals surface area (Å²) in [7, 11) is 0. The van der Waals surface area contributed by atoms with Crippen molar-refractivity contribution in [1.82, 2.24) is 4.98 Å². The van der Waals surface area contributed by atoms with Gasteiger partial charge in [0, 0.05) is 23.6 Å². The van der Waals surface area contributed by atoms with E-state index in [2.05, 4.69) is 10.3 Å². The van der Waals surface area contributed by atoms with Crippen LogP contribution in [-0.4, -0.2) is 21.6 Å². The van der Waals surface area contributed by atoms with Crippen LogP contribution in [0.2, 0.25) is 0 Å². The molecule has 0 atom stereocenters. The number of aliphatic hydroxyl groups is 1. The summed E-state index contributed by atoms with van der Waals surface area (Å²) >= 11 is 0. The average molecular weight is 287 g/mol. The van der Waals surface area contributed by atoms with Gasteiger partial charge in [0.05, 0.1) is 4.92 Å². The van der Waals surface area contributed by atoms with Gasteiger partial charge in [-0.25, -0.2) is 4.98 Å². The van der Waals surface area contributed by atoms with E-state index in [0.29, 0.717) is 12.0 Å². The number of aliphatic hydroxyl groups excluding tert-OH is 1. The van der Waals surface area contributed by atoms with Gasteiger partial charge in [-0.1, -0.05) is 12.1 Å². The molecular formula is C15H17N3O3. The molecule has 0 amide bonds. The molecule has 0 unspecified atom stereocenters. The number of nitrogens with one attached hydrogen (secondary N) is 1. The SMILES string of the molecule is Cc1cc(C)c([N+](=O)[O-])c(Nc2ccc(CCO)cc2)n1. The summed E-state index contributed by atoms with van der Waals surface area (Å²) in [5.41, 5.74) is 3.01. The van der Waals surface area contributed by atoms with Crippen LogP contribution >= 0.6 is 0 Å². The predicted molar refractivity (Wildman–Crippen MR) is 80.9 cm³/mol. The van der Waals surface area contributed by atoms with Crippen molar-refractivity contribution in [3.8, 4) is 0 Å². The Morgan fingerprint density at radius 3 is 2.52 bits per heavy atom. The molecule has 1 aromatic carbocycles. The van der Waals surface area contributed by atoms with Crippen LogP contribution in [0.5, 0.6) is 0 Å². The fourth-order valence-corrected chi connectivity index (χ4v) is 2.17. The molecule has 1 aromatic heterocycles. The highest BCUT2D eigenvalue weighted by atomic mass is 16.6. The number of rotatable bonds is 5. The number of hydrogen-bond donors (Lipinski definition) is 2. The van der Waals surface area contributed by atoms with E-state index in [9.17, 15) is 10.1 Å². The molecule has 2 aromatic rings. The molecule has 0 aliphatic rings. The third kappa shape index (κ3) is 3.55. The van der Waals surface area contributed by atoms with E-state index in [-0.39, 0.29) is 18.1 Å². The summed E-state index contributed by atoms with van der Waals surface area (Å²) in [6.45, 7) is 3.59. The Labute approximate surface area is 122 Å². The number of aryl methyl sites for hydroxylation is 2. The number of benzene rings is 1. The Hall–Kier alpha value is -2.47. The first-order chi connectivity index (χ1) is 10.0. The fraction of sp³-hybridized carbons (Fsp3) is 0.267. The maximum atomic E-state index is 11.2. The van der Waals surface area contributed by atoms with E-state index in [0.717, 1.165) is 16.9 Å². The standard InChI is InChI=1S/C15H17N3O3/c1-10-9-11(2)16-15(14(10)18(20)21)17-13-5-3-12(4-6-13)7-8-19/h3-6,9,19H,7-8H2,1-2H3,(H,16,17). The quantitative estimate of drug-likeness (QED) is 0.652. The second-order valence-corrected chi connectivity index (χ2v) is 4.83. The molecule has 2 rings (SSSR count). The average Bonchev–Trinajstić information content (AvgIpc) is 2.40. The van der Waals surface area contributed by atoms with Crippen molar-refractivity contribution in [3.05, 3.63) is 57.3 Å². The highest BCUT2D eigenvalue weighted by Crippen LogP contribution is 2.29. The Morgan fingerprint density at radius 1 is 1.29 bits per heavy atom. The van der Waals surface area contributed by atoms with E-state index in [1.165, 1.54) is 0 Å². The second-order valence-electron chi connectivity index (χ2n) is 4.83. The third-order valence-corrected chi connectivity index (χ3v) is 3.11. The van der Waals surface area contributed by atoms with Crippen molar-refractivity contribution in [1.29, 1.82) is 0 Å². The van der Waals surface area contributed by atoms with Crippen molar-refractivity contribution in [2.45, 2.75) is 20.3 Å². The fourth-order valence-electron chi connectivity index (χ4n) is 2.17. The van der Waals surface area contributed by atoms with Crippen LogP contribution in [0, 0.1) is 24.0 Å². The number of aromatic nitrogens is 1. The van der Waals surface area contributed by atoms with Crippen molar-refractivity contribution in [2.24, 2.45) is 0 Å². The molecule has 21 heavy (non-hydrogen) atoms. The van der Waals surface area contributed by atoms with Crippen LogP contribution < -0.4 is 5.32 Å². The molecule has 0 aliphatic heterocycles. The molecule has 0 radical (unpaired) electrons. The Balaban J connectivity index is 2.32. The van der Waals surface area contributed by atoms with Gasteiger partial charge in [0.15, 0.2) is 0 Å². The van der Waals surface area contributed by atoms with Gasteiger partial charge >= 0.3 is 5.69 Å². The normalized spacial score (nSPS) is 10.4. The summed E-state index contributed by atoms with van der Waals surface area (Å²) < 4.78 is 0. The maximum Gasteiger partial charge on any atom is 0.314 e. The first kappa shape index (κ1) is 14.9. The van der Waals surface area contributed by atoms with Crippen LogP contribution in [0.25, 0.3) is 0 Å². The Bertz CT molecular complexity index is 654. The molecule has 0 aliphatic carbocycles. The van der Waals surface area contributed by atoms with Gasteiger partial charge in [-0.05, 0) is 44.0 Å². The molecule has 0 fully saturated rings. The zero-order valence-corrected chi connectivity index (χ0v) is 12.0. The highest BCUT2D eigenvalue weighted by molar-refractivity contribution is 5.68. The van der Waals surface area contributed by atoms with Gasteiger partial charge in [-0.3, -0.25) is 10.1 Å². The largest absolute Gasteiger partial charge is 0.396 e. The first-order valence-corrected chi connectivity index (χ1v) is 6.60. The van der Waals surface area contributed by atoms with Crippen LogP contribution in [0.1, 0.15) is 16.8 Å². The molecule has 6 heteroatoms. The van der Waals surface area contributed by atoms with E-state index in [1.54, 1.807) is 19.9 Å². The highest BCUT2D eigenvalue weighted by Gasteiger charge is 2.19. The number of anilines is 2. The van der Waals surface area contributed by atoms with E-state index in [1.807, 2.05) is 24.3 Å². The lowest BCUT2D eigenvalue weighted by atomic mass is 10.1. The van der Waals surface area contributed by atoms with Gasteiger partial charge in [-0.2, -0.15) is 0 Å². The zero-order chi connectivity index (χ0) is 15.4. The summed E-state index contributed by atoms with van der Waals surface area (Å²) in [5, 5.41) is 23.1. The van der Waals surface area contributed by atoms with Crippen LogP contribution in [0.4, 0.5) is 17.2 Å².